The number of rotatable bonds is 4. The highest BCUT2D eigenvalue weighted by Crippen LogP contribution is 2.29. The van der Waals surface area contributed by atoms with Crippen molar-refractivity contribution in [3.05, 3.63) is 32.9 Å². The zero-order chi connectivity index (χ0) is 16.5. The Morgan fingerprint density at radius 1 is 1.50 bits per heavy atom. The number of allylic oxidation sites excluding steroid dienone is 4. The van der Waals surface area contributed by atoms with E-state index in [1.807, 2.05) is 0 Å². The normalized spacial score (nSPS) is 18.5. The van der Waals surface area contributed by atoms with Gasteiger partial charge in [0.15, 0.2) is 0 Å². The van der Waals surface area contributed by atoms with Gasteiger partial charge in [-0.25, -0.2) is 18.4 Å². The molecule has 0 saturated carbocycles. The molecule has 0 bridgehead atoms. The van der Waals surface area contributed by atoms with Crippen LogP contribution < -0.4 is 9.46 Å². The molecule has 0 aromatic carbocycles. The number of hydrogen-bond acceptors (Lipinski definition) is 6. The highest BCUT2D eigenvalue weighted by Gasteiger charge is 2.29. The van der Waals surface area contributed by atoms with Crippen LogP contribution in [-0.4, -0.2) is 35.2 Å². The second-order valence-electron chi connectivity index (χ2n) is 3.98. The average molecular weight is 490 g/mol. The van der Waals surface area contributed by atoms with Gasteiger partial charge in [-0.2, -0.15) is 0 Å². The first-order valence-electron chi connectivity index (χ1n) is 5.61. The topological polar surface area (TPSA) is 81.2 Å². The Morgan fingerprint density at radius 3 is 2.82 bits per heavy atom. The summed E-state index contributed by atoms with van der Waals surface area (Å²) in [5.41, 5.74) is 0. The van der Waals surface area contributed by atoms with Crippen molar-refractivity contribution in [1.82, 2.24) is 9.97 Å². The van der Waals surface area contributed by atoms with Crippen LogP contribution in [0.1, 0.15) is 0 Å². The lowest BCUT2D eigenvalue weighted by Gasteiger charge is -2.18. The largest absolute Gasteiger partial charge is 0.478 e. The molecule has 1 aromatic heterocycles. The fourth-order valence-electron chi connectivity index (χ4n) is 1.55. The molecule has 0 spiro atoms. The van der Waals surface area contributed by atoms with E-state index in [1.54, 1.807) is 6.08 Å². The number of hydrogen-bond donors (Lipinski definition) is 1. The molecule has 1 aromatic rings. The lowest BCUT2D eigenvalue weighted by Crippen LogP contribution is -2.26. The molecule has 0 saturated heterocycles. The van der Waals surface area contributed by atoms with E-state index in [-0.39, 0.29) is 26.5 Å². The standard InChI is InChI=1S/C11H8Br2ClN3O3S2/c1-20-11-10(15-4-8(13)16-11)17-22(18,19)7-3-5(14)2-6(12)9(7)21/h2-4,6H,1H3,(H,15,17). The average Bonchev–Trinajstić information content (AvgIpc) is 2.44. The molecule has 0 fully saturated rings. The van der Waals surface area contributed by atoms with E-state index >= 15 is 0 Å². The molecule has 0 aliphatic heterocycles. The number of alkyl halides is 1. The number of aromatic nitrogens is 2. The van der Waals surface area contributed by atoms with Crippen molar-refractivity contribution in [1.29, 1.82) is 0 Å². The highest BCUT2D eigenvalue weighted by molar-refractivity contribution is 9.10. The van der Waals surface area contributed by atoms with Crippen LogP contribution in [0.3, 0.4) is 0 Å². The van der Waals surface area contributed by atoms with Crippen molar-refractivity contribution in [2.75, 3.05) is 11.8 Å². The van der Waals surface area contributed by atoms with E-state index in [2.05, 4.69) is 46.5 Å². The minimum atomic E-state index is -3.98. The number of anilines is 1. The summed E-state index contributed by atoms with van der Waals surface area (Å²) in [5.74, 6) is -0.0245. The zero-order valence-corrected chi connectivity index (χ0v) is 16.4. The third kappa shape index (κ3) is 3.85. The third-order valence-corrected chi connectivity index (χ3v) is 6.12. The SMILES string of the molecule is COc1nc(Br)cnc1NS(=O)(=O)C1=CC(Cl)=CC(Br)C1=S. The fraction of sp³-hybridized carbons (Fsp3) is 0.182. The first-order chi connectivity index (χ1) is 10.2. The maximum atomic E-state index is 12.5. The third-order valence-electron chi connectivity index (χ3n) is 2.49. The number of methoxy groups -OCH3 is 1. The second-order valence-corrected chi connectivity index (χ2v) is 8.31. The number of ether oxygens (including phenoxy) is 1. The number of nitrogens with zero attached hydrogens (tertiary/aromatic N) is 2. The molecular weight excluding hydrogens is 482 g/mol. The summed E-state index contributed by atoms with van der Waals surface area (Å²) in [4.78, 5) is 7.56. The zero-order valence-electron chi connectivity index (χ0n) is 10.9. The van der Waals surface area contributed by atoms with E-state index in [0.717, 1.165) is 0 Å². The van der Waals surface area contributed by atoms with E-state index in [0.29, 0.717) is 4.60 Å². The van der Waals surface area contributed by atoms with Crippen LogP contribution in [0.4, 0.5) is 5.82 Å². The molecule has 6 nitrogen and oxygen atoms in total. The molecule has 1 atom stereocenters. The summed E-state index contributed by atoms with van der Waals surface area (Å²) in [6.45, 7) is 0. The van der Waals surface area contributed by atoms with E-state index < -0.39 is 14.9 Å². The molecule has 1 heterocycles. The van der Waals surface area contributed by atoms with Gasteiger partial charge < -0.3 is 4.74 Å². The molecule has 11 heteroatoms. The van der Waals surface area contributed by atoms with Crippen LogP contribution >= 0.6 is 55.7 Å². The molecule has 0 amide bonds. The van der Waals surface area contributed by atoms with Gasteiger partial charge in [-0.05, 0) is 28.1 Å². The van der Waals surface area contributed by atoms with Crippen molar-refractivity contribution in [3.63, 3.8) is 0 Å². The Labute approximate surface area is 154 Å². The smallest absolute Gasteiger partial charge is 0.264 e. The van der Waals surface area contributed by atoms with Crippen LogP contribution in [0.2, 0.25) is 0 Å². The van der Waals surface area contributed by atoms with Crippen LogP contribution in [0.5, 0.6) is 5.88 Å². The molecule has 0 radical (unpaired) electrons. The molecule has 1 N–H and O–H groups in total. The fourth-order valence-corrected chi connectivity index (χ4v) is 4.59. The summed E-state index contributed by atoms with van der Waals surface area (Å²) < 4.78 is 32.7. The van der Waals surface area contributed by atoms with Crippen molar-refractivity contribution in [3.8, 4) is 5.88 Å². The molecule has 1 aliphatic carbocycles. The van der Waals surface area contributed by atoms with Crippen LogP contribution in [0, 0.1) is 0 Å². The number of halogens is 3. The first kappa shape index (κ1) is 17.8. The Hall–Kier alpha value is -0.550. The predicted molar refractivity (Wildman–Crippen MR) is 96.2 cm³/mol. The molecule has 2 rings (SSSR count). The van der Waals surface area contributed by atoms with Gasteiger partial charge in [0.1, 0.15) is 9.51 Å². The lowest BCUT2D eigenvalue weighted by molar-refractivity contribution is 0.397. The number of sulfonamides is 1. The number of thiocarbonyl (C=S) groups is 1. The molecule has 22 heavy (non-hydrogen) atoms. The quantitative estimate of drug-likeness (QED) is 0.517. The van der Waals surface area contributed by atoms with Crippen molar-refractivity contribution < 1.29 is 13.2 Å². The lowest BCUT2D eigenvalue weighted by atomic mass is 10.2. The summed E-state index contributed by atoms with van der Waals surface area (Å²) >= 11 is 17.4. The summed E-state index contributed by atoms with van der Waals surface area (Å²) in [6.07, 6.45) is 4.22. The van der Waals surface area contributed by atoms with Gasteiger partial charge in [0.05, 0.1) is 23.0 Å². The number of nitrogens with one attached hydrogen (secondary N) is 1. The Bertz CT molecular complexity index is 796. The second kappa shape index (κ2) is 6.91. The summed E-state index contributed by atoms with van der Waals surface area (Å²) in [6, 6.07) is 0. The van der Waals surface area contributed by atoms with Crippen molar-refractivity contribution in [2.45, 2.75) is 4.83 Å². The molecular formula is C11H8Br2ClN3O3S2. The van der Waals surface area contributed by atoms with Crippen LogP contribution in [-0.2, 0) is 10.0 Å². The van der Waals surface area contributed by atoms with Gasteiger partial charge in [-0.15, -0.1) is 0 Å². The van der Waals surface area contributed by atoms with Crippen LogP contribution in [0.25, 0.3) is 0 Å². The minimum Gasteiger partial charge on any atom is -0.478 e. The monoisotopic (exact) mass is 487 g/mol. The Morgan fingerprint density at radius 2 is 2.18 bits per heavy atom. The highest BCUT2D eigenvalue weighted by atomic mass is 79.9. The van der Waals surface area contributed by atoms with Gasteiger partial charge in [-0.3, -0.25) is 4.72 Å². The Kier molecular flexibility index (Phi) is 5.59. The van der Waals surface area contributed by atoms with E-state index in [4.69, 9.17) is 28.6 Å². The first-order valence-corrected chi connectivity index (χ1v) is 9.59. The molecule has 1 aliphatic rings. The van der Waals surface area contributed by atoms with Crippen molar-refractivity contribution >= 4 is 76.4 Å². The summed E-state index contributed by atoms with van der Waals surface area (Å²) in [7, 11) is -2.63. The van der Waals surface area contributed by atoms with E-state index in [1.165, 1.54) is 19.4 Å². The maximum Gasteiger partial charge on any atom is 0.264 e. The van der Waals surface area contributed by atoms with E-state index in [9.17, 15) is 8.42 Å². The molecule has 1 unspecified atom stereocenters. The molecule has 118 valence electrons. The van der Waals surface area contributed by atoms with Gasteiger partial charge in [0.25, 0.3) is 15.9 Å². The van der Waals surface area contributed by atoms with Gasteiger partial charge in [0, 0.05) is 5.03 Å². The van der Waals surface area contributed by atoms with Gasteiger partial charge in [-0.1, -0.05) is 39.7 Å². The summed E-state index contributed by atoms with van der Waals surface area (Å²) in [5, 5.41) is 0.268. The van der Waals surface area contributed by atoms with Crippen LogP contribution in [0.15, 0.2) is 32.9 Å². The van der Waals surface area contributed by atoms with Gasteiger partial charge >= 0.3 is 0 Å². The maximum absolute atomic E-state index is 12.5. The Balaban J connectivity index is 2.41. The van der Waals surface area contributed by atoms with Gasteiger partial charge in [0.2, 0.25) is 5.82 Å². The van der Waals surface area contributed by atoms with Crippen molar-refractivity contribution in [2.24, 2.45) is 0 Å². The minimum absolute atomic E-state index is 0.0253. The predicted octanol–water partition coefficient (Wildman–Crippen LogP) is 3.14.